The van der Waals surface area contributed by atoms with Crippen LogP contribution < -0.4 is 10.6 Å². The van der Waals surface area contributed by atoms with Crippen LogP contribution in [0.2, 0.25) is 0 Å². The minimum absolute atomic E-state index is 0.195. The van der Waals surface area contributed by atoms with E-state index in [-0.39, 0.29) is 5.82 Å². The molecule has 1 aromatic rings. The monoisotopic (exact) mass is 322 g/mol. The molecule has 1 aromatic carbocycles. The van der Waals surface area contributed by atoms with E-state index in [1.54, 1.807) is 7.05 Å². The summed E-state index contributed by atoms with van der Waals surface area (Å²) >= 11 is 0. The van der Waals surface area contributed by atoms with Gasteiger partial charge >= 0.3 is 0 Å². The standard InChI is InChI=1S/C18H31FN4/c1-14(2)23(15(3)4)13-12-22-18(20-5)21-11-10-16-6-8-17(19)9-7-16/h6-9,14-15H,10-13H2,1-5H3,(H2,20,21,22). The predicted octanol–water partition coefficient (Wildman–Crippen LogP) is 2.65. The Hall–Kier alpha value is -1.62. The Balaban J connectivity index is 2.30. The van der Waals surface area contributed by atoms with Gasteiger partial charge in [0.25, 0.3) is 0 Å². The van der Waals surface area contributed by atoms with E-state index in [1.807, 2.05) is 12.1 Å². The van der Waals surface area contributed by atoms with Crippen molar-refractivity contribution in [3.8, 4) is 0 Å². The maximum Gasteiger partial charge on any atom is 0.191 e. The van der Waals surface area contributed by atoms with Gasteiger partial charge in [0.2, 0.25) is 0 Å². The third kappa shape index (κ3) is 7.46. The van der Waals surface area contributed by atoms with Crippen LogP contribution in [-0.2, 0) is 6.42 Å². The van der Waals surface area contributed by atoms with Gasteiger partial charge < -0.3 is 10.6 Å². The predicted molar refractivity (Wildman–Crippen MR) is 96.4 cm³/mol. The lowest BCUT2D eigenvalue weighted by Crippen LogP contribution is -2.45. The van der Waals surface area contributed by atoms with Crippen LogP contribution in [0, 0.1) is 5.82 Å². The number of aliphatic imine (C=N–C) groups is 1. The van der Waals surface area contributed by atoms with Gasteiger partial charge in [-0.1, -0.05) is 12.1 Å². The zero-order valence-corrected chi connectivity index (χ0v) is 15.1. The summed E-state index contributed by atoms with van der Waals surface area (Å²) in [6.07, 6.45) is 0.838. The van der Waals surface area contributed by atoms with E-state index in [0.29, 0.717) is 12.1 Å². The molecule has 0 aliphatic carbocycles. The first kappa shape index (κ1) is 19.4. The van der Waals surface area contributed by atoms with Crippen molar-refractivity contribution in [2.24, 2.45) is 4.99 Å². The highest BCUT2D eigenvalue weighted by atomic mass is 19.1. The highest BCUT2D eigenvalue weighted by Gasteiger charge is 2.12. The second kappa shape index (κ2) is 10.2. The van der Waals surface area contributed by atoms with Crippen LogP contribution in [0.5, 0.6) is 0 Å². The molecule has 0 bridgehead atoms. The molecule has 0 aromatic heterocycles. The number of hydrogen-bond donors (Lipinski definition) is 2. The number of hydrogen-bond acceptors (Lipinski definition) is 2. The number of guanidine groups is 1. The Morgan fingerprint density at radius 3 is 2.13 bits per heavy atom. The van der Waals surface area contributed by atoms with Crippen LogP contribution >= 0.6 is 0 Å². The highest BCUT2D eigenvalue weighted by Crippen LogP contribution is 2.04. The Morgan fingerprint density at radius 1 is 1.04 bits per heavy atom. The van der Waals surface area contributed by atoms with Gasteiger partial charge in [-0.2, -0.15) is 0 Å². The molecule has 0 radical (unpaired) electrons. The summed E-state index contributed by atoms with van der Waals surface area (Å²) in [4.78, 5) is 6.68. The van der Waals surface area contributed by atoms with Gasteiger partial charge in [-0.05, 0) is 51.8 Å². The van der Waals surface area contributed by atoms with Crippen LogP contribution in [0.3, 0.4) is 0 Å². The van der Waals surface area contributed by atoms with E-state index in [0.717, 1.165) is 37.6 Å². The number of benzene rings is 1. The molecular formula is C18H31FN4. The fourth-order valence-electron chi connectivity index (χ4n) is 2.61. The molecule has 2 N–H and O–H groups in total. The van der Waals surface area contributed by atoms with Crippen LogP contribution in [-0.4, -0.2) is 49.6 Å². The first-order valence-electron chi connectivity index (χ1n) is 8.38. The second-order valence-electron chi connectivity index (χ2n) is 6.23. The van der Waals surface area contributed by atoms with E-state index in [4.69, 9.17) is 0 Å². The third-order valence-corrected chi connectivity index (χ3v) is 3.83. The summed E-state index contributed by atoms with van der Waals surface area (Å²) in [6, 6.07) is 7.69. The van der Waals surface area contributed by atoms with Gasteiger partial charge in [-0.3, -0.25) is 9.89 Å². The average molecular weight is 322 g/mol. The smallest absolute Gasteiger partial charge is 0.191 e. The van der Waals surface area contributed by atoms with Crippen molar-refractivity contribution in [3.05, 3.63) is 35.6 Å². The number of rotatable bonds is 8. The van der Waals surface area contributed by atoms with Crippen LogP contribution in [0.4, 0.5) is 4.39 Å². The fourth-order valence-corrected chi connectivity index (χ4v) is 2.61. The molecule has 0 saturated heterocycles. The summed E-state index contributed by atoms with van der Waals surface area (Å²) < 4.78 is 12.9. The van der Waals surface area contributed by atoms with Crippen LogP contribution in [0.1, 0.15) is 33.3 Å². The van der Waals surface area contributed by atoms with Gasteiger partial charge in [-0.15, -0.1) is 0 Å². The van der Waals surface area contributed by atoms with E-state index in [1.165, 1.54) is 12.1 Å². The minimum Gasteiger partial charge on any atom is -0.356 e. The lowest BCUT2D eigenvalue weighted by atomic mass is 10.1. The third-order valence-electron chi connectivity index (χ3n) is 3.83. The summed E-state index contributed by atoms with van der Waals surface area (Å²) in [5.41, 5.74) is 1.11. The summed E-state index contributed by atoms with van der Waals surface area (Å²) in [5, 5.41) is 6.63. The quantitative estimate of drug-likeness (QED) is 0.571. The first-order chi connectivity index (χ1) is 10.9. The van der Waals surface area contributed by atoms with E-state index in [9.17, 15) is 4.39 Å². The van der Waals surface area contributed by atoms with Crippen LogP contribution in [0.15, 0.2) is 29.3 Å². The maximum absolute atomic E-state index is 12.9. The van der Waals surface area contributed by atoms with E-state index in [2.05, 4.69) is 48.2 Å². The minimum atomic E-state index is -0.195. The number of nitrogens with zero attached hydrogens (tertiary/aromatic N) is 2. The Kier molecular flexibility index (Phi) is 8.62. The molecule has 130 valence electrons. The van der Waals surface area contributed by atoms with Gasteiger partial charge in [0.1, 0.15) is 5.82 Å². The molecule has 0 fully saturated rings. The maximum atomic E-state index is 12.9. The molecule has 0 heterocycles. The lowest BCUT2D eigenvalue weighted by molar-refractivity contribution is 0.178. The van der Waals surface area contributed by atoms with Gasteiger partial charge in [0.15, 0.2) is 5.96 Å². The molecule has 0 aliphatic heterocycles. The molecule has 0 spiro atoms. The number of nitrogens with one attached hydrogen (secondary N) is 2. The fraction of sp³-hybridized carbons (Fsp3) is 0.611. The van der Waals surface area contributed by atoms with Crippen molar-refractivity contribution in [1.82, 2.24) is 15.5 Å². The SMILES string of the molecule is CN=C(NCCc1ccc(F)cc1)NCCN(C(C)C)C(C)C. The molecule has 0 amide bonds. The molecular weight excluding hydrogens is 291 g/mol. The normalized spacial score (nSPS) is 12.3. The molecule has 0 aliphatic rings. The van der Waals surface area contributed by atoms with Crippen molar-refractivity contribution in [1.29, 1.82) is 0 Å². The van der Waals surface area contributed by atoms with Gasteiger partial charge in [0.05, 0.1) is 0 Å². The van der Waals surface area contributed by atoms with Gasteiger partial charge in [-0.25, -0.2) is 4.39 Å². The van der Waals surface area contributed by atoms with Crippen molar-refractivity contribution in [3.63, 3.8) is 0 Å². The Morgan fingerprint density at radius 2 is 1.61 bits per heavy atom. The summed E-state index contributed by atoms with van der Waals surface area (Å²) in [7, 11) is 1.77. The van der Waals surface area contributed by atoms with E-state index < -0.39 is 0 Å². The highest BCUT2D eigenvalue weighted by molar-refractivity contribution is 5.79. The lowest BCUT2D eigenvalue weighted by Gasteiger charge is -2.30. The van der Waals surface area contributed by atoms with E-state index >= 15 is 0 Å². The van der Waals surface area contributed by atoms with Crippen molar-refractivity contribution in [2.45, 2.75) is 46.2 Å². The number of halogens is 1. The van der Waals surface area contributed by atoms with Crippen LogP contribution in [0.25, 0.3) is 0 Å². The molecule has 5 heteroatoms. The van der Waals surface area contributed by atoms with Crippen molar-refractivity contribution >= 4 is 5.96 Å². The average Bonchev–Trinajstić information content (AvgIpc) is 2.50. The second-order valence-corrected chi connectivity index (χ2v) is 6.23. The largest absolute Gasteiger partial charge is 0.356 e. The Bertz CT molecular complexity index is 460. The molecule has 0 unspecified atom stereocenters. The molecule has 1 rings (SSSR count). The Labute approximate surface area is 140 Å². The first-order valence-corrected chi connectivity index (χ1v) is 8.38. The zero-order valence-electron chi connectivity index (χ0n) is 15.1. The topological polar surface area (TPSA) is 39.7 Å². The molecule has 0 saturated carbocycles. The molecule has 23 heavy (non-hydrogen) atoms. The summed E-state index contributed by atoms with van der Waals surface area (Å²) in [5.74, 6) is 0.610. The summed E-state index contributed by atoms with van der Waals surface area (Å²) in [6.45, 7) is 11.5. The zero-order chi connectivity index (χ0) is 17.2. The van der Waals surface area contributed by atoms with Gasteiger partial charge in [0, 0.05) is 38.8 Å². The van der Waals surface area contributed by atoms with Crippen molar-refractivity contribution in [2.75, 3.05) is 26.7 Å². The van der Waals surface area contributed by atoms with Crippen molar-refractivity contribution < 1.29 is 4.39 Å². The molecule has 4 nitrogen and oxygen atoms in total. The molecule has 0 atom stereocenters.